The molecule has 4 heterocycles. The fourth-order valence-electron chi connectivity index (χ4n) is 4.96. The van der Waals surface area contributed by atoms with Crippen molar-refractivity contribution >= 4 is 17.7 Å². The Bertz CT molecular complexity index is 869. The lowest BCUT2D eigenvalue weighted by Gasteiger charge is -2.37. The molecule has 4 aliphatic rings. The minimum absolute atomic E-state index is 0.0968. The molecule has 4 aliphatic heterocycles. The number of imide groups is 1. The Morgan fingerprint density at radius 3 is 2.73 bits per heavy atom. The summed E-state index contributed by atoms with van der Waals surface area (Å²) in [6, 6.07) is 5.41. The summed E-state index contributed by atoms with van der Waals surface area (Å²) in [7, 11) is 0. The Kier molecular flexibility index (Phi) is 5.30. The van der Waals surface area contributed by atoms with Crippen LogP contribution in [-0.4, -0.2) is 72.0 Å². The summed E-state index contributed by atoms with van der Waals surface area (Å²) >= 11 is 0. The van der Waals surface area contributed by atoms with Crippen molar-refractivity contribution in [3.63, 3.8) is 0 Å². The Balaban J connectivity index is 1.28. The van der Waals surface area contributed by atoms with Crippen molar-refractivity contribution in [3.05, 3.63) is 34.9 Å². The van der Waals surface area contributed by atoms with Gasteiger partial charge in [-0.15, -0.1) is 0 Å². The van der Waals surface area contributed by atoms with Gasteiger partial charge in [0.15, 0.2) is 0 Å². The predicted octanol–water partition coefficient (Wildman–Crippen LogP) is 0.400. The first-order chi connectivity index (χ1) is 14.6. The third-order valence-corrected chi connectivity index (χ3v) is 6.62. The van der Waals surface area contributed by atoms with Crippen LogP contribution >= 0.6 is 0 Å². The van der Waals surface area contributed by atoms with Crippen LogP contribution in [0.4, 0.5) is 0 Å². The Morgan fingerprint density at radius 2 is 1.97 bits per heavy atom. The summed E-state index contributed by atoms with van der Waals surface area (Å²) in [4.78, 5) is 41.0. The van der Waals surface area contributed by atoms with Gasteiger partial charge in [-0.1, -0.05) is 18.2 Å². The van der Waals surface area contributed by atoms with Crippen LogP contribution in [-0.2, 0) is 27.4 Å². The maximum absolute atomic E-state index is 13.3. The summed E-state index contributed by atoms with van der Waals surface area (Å²) in [5, 5.41) is 5.61. The van der Waals surface area contributed by atoms with Gasteiger partial charge in [-0.3, -0.25) is 24.6 Å². The second kappa shape index (κ2) is 8.09. The third-order valence-electron chi connectivity index (χ3n) is 6.62. The highest BCUT2D eigenvalue weighted by molar-refractivity contribution is 6.05. The molecular formula is C22H28N4O4. The first-order valence-corrected chi connectivity index (χ1v) is 10.9. The molecular weight excluding hydrogens is 384 g/mol. The minimum Gasteiger partial charge on any atom is -0.371 e. The van der Waals surface area contributed by atoms with Gasteiger partial charge in [-0.25, -0.2) is 0 Å². The molecule has 30 heavy (non-hydrogen) atoms. The molecule has 0 aliphatic carbocycles. The smallest absolute Gasteiger partial charge is 0.255 e. The Morgan fingerprint density at radius 1 is 1.10 bits per heavy atom. The number of piperidine rings is 2. The Hall–Kier alpha value is -2.29. The van der Waals surface area contributed by atoms with Crippen LogP contribution in [0, 0.1) is 0 Å². The molecule has 1 aromatic carbocycles. The van der Waals surface area contributed by atoms with Crippen molar-refractivity contribution in [2.45, 2.75) is 57.0 Å². The number of benzene rings is 1. The zero-order valence-electron chi connectivity index (χ0n) is 17.1. The van der Waals surface area contributed by atoms with Gasteiger partial charge in [0.05, 0.1) is 12.2 Å². The number of ether oxygens (including phenoxy) is 1. The zero-order chi connectivity index (χ0) is 20.7. The van der Waals surface area contributed by atoms with E-state index < -0.39 is 6.04 Å². The molecule has 3 amide bonds. The summed E-state index contributed by atoms with van der Waals surface area (Å²) < 4.78 is 6.17. The van der Waals surface area contributed by atoms with Gasteiger partial charge in [0.25, 0.3) is 5.91 Å². The lowest BCUT2D eigenvalue weighted by molar-refractivity contribution is -0.136. The van der Waals surface area contributed by atoms with E-state index in [-0.39, 0.29) is 30.2 Å². The molecule has 160 valence electrons. The monoisotopic (exact) mass is 412 g/mol. The van der Waals surface area contributed by atoms with E-state index >= 15 is 0 Å². The van der Waals surface area contributed by atoms with Gasteiger partial charge in [-0.05, 0) is 36.9 Å². The molecule has 3 fully saturated rings. The fraction of sp³-hybridized carbons (Fsp3) is 0.591. The topological polar surface area (TPSA) is 91.0 Å². The molecule has 2 unspecified atom stereocenters. The summed E-state index contributed by atoms with van der Waals surface area (Å²) in [5.41, 5.74) is 2.71. The standard InChI is InChI=1S/C22H28N4O4/c27-19-7-6-18(21(28)24-19)26-12-15-4-1-3-14(20(15)22(26)29)11-25-8-2-5-16(13-25)30-17-9-23-10-17/h1,3-4,16-18,23H,2,5-13H2,(H,24,27,28). The molecule has 0 radical (unpaired) electrons. The van der Waals surface area contributed by atoms with Crippen molar-refractivity contribution in [1.29, 1.82) is 0 Å². The minimum atomic E-state index is -0.570. The Labute approximate surface area is 175 Å². The molecule has 8 nitrogen and oxygen atoms in total. The number of carbonyl (C=O) groups excluding carboxylic acids is 3. The van der Waals surface area contributed by atoms with E-state index in [4.69, 9.17) is 4.74 Å². The summed E-state index contributed by atoms with van der Waals surface area (Å²) in [5.74, 6) is -0.725. The molecule has 3 saturated heterocycles. The van der Waals surface area contributed by atoms with Crippen LogP contribution in [0.25, 0.3) is 0 Å². The number of hydrogen-bond acceptors (Lipinski definition) is 6. The molecule has 0 bridgehead atoms. The molecule has 8 heteroatoms. The average Bonchev–Trinajstić information content (AvgIpc) is 3.03. The number of nitrogens with zero attached hydrogens (tertiary/aromatic N) is 2. The van der Waals surface area contributed by atoms with Crippen molar-refractivity contribution in [1.82, 2.24) is 20.4 Å². The zero-order valence-corrected chi connectivity index (χ0v) is 17.1. The highest BCUT2D eigenvalue weighted by Gasteiger charge is 2.40. The van der Waals surface area contributed by atoms with Crippen molar-refractivity contribution < 1.29 is 19.1 Å². The highest BCUT2D eigenvalue weighted by Crippen LogP contribution is 2.31. The highest BCUT2D eigenvalue weighted by atomic mass is 16.5. The number of hydrogen-bond donors (Lipinski definition) is 2. The summed E-state index contributed by atoms with van der Waals surface area (Å²) in [6.45, 7) is 4.89. The number of fused-ring (bicyclic) bond motifs is 1. The second-order valence-corrected chi connectivity index (χ2v) is 8.77. The van der Waals surface area contributed by atoms with E-state index in [0.717, 1.165) is 55.7 Å². The van der Waals surface area contributed by atoms with E-state index in [0.29, 0.717) is 25.6 Å². The molecule has 0 aromatic heterocycles. The van der Waals surface area contributed by atoms with Gasteiger partial charge in [0, 0.05) is 44.7 Å². The molecule has 5 rings (SSSR count). The quantitative estimate of drug-likeness (QED) is 0.681. The summed E-state index contributed by atoms with van der Waals surface area (Å²) in [6.07, 6.45) is 3.42. The number of likely N-dealkylation sites (tertiary alicyclic amines) is 1. The van der Waals surface area contributed by atoms with E-state index in [1.165, 1.54) is 0 Å². The number of rotatable bonds is 5. The lowest BCUT2D eigenvalue weighted by atomic mass is 10.0. The van der Waals surface area contributed by atoms with Gasteiger partial charge in [0.2, 0.25) is 11.8 Å². The molecule has 0 spiro atoms. The van der Waals surface area contributed by atoms with Crippen LogP contribution in [0.1, 0.15) is 47.2 Å². The van der Waals surface area contributed by atoms with E-state index in [2.05, 4.69) is 15.5 Å². The van der Waals surface area contributed by atoms with Crippen molar-refractivity contribution in [3.8, 4) is 0 Å². The lowest BCUT2D eigenvalue weighted by Crippen LogP contribution is -2.52. The van der Waals surface area contributed by atoms with Gasteiger partial charge in [0.1, 0.15) is 6.04 Å². The van der Waals surface area contributed by atoms with E-state index in [9.17, 15) is 14.4 Å². The number of amides is 3. The van der Waals surface area contributed by atoms with Gasteiger partial charge < -0.3 is 15.0 Å². The number of nitrogens with one attached hydrogen (secondary N) is 2. The van der Waals surface area contributed by atoms with Crippen molar-refractivity contribution in [2.24, 2.45) is 0 Å². The maximum atomic E-state index is 13.3. The normalized spacial score (nSPS) is 27.7. The third kappa shape index (κ3) is 3.75. The molecule has 2 atom stereocenters. The molecule has 2 N–H and O–H groups in total. The fourth-order valence-corrected chi connectivity index (χ4v) is 4.96. The van der Waals surface area contributed by atoms with Crippen LogP contribution in [0.5, 0.6) is 0 Å². The SMILES string of the molecule is O=C1CCC(N2Cc3cccc(CN4CCCC(OC5CNC5)C4)c3C2=O)C(=O)N1. The van der Waals surface area contributed by atoms with Crippen LogP contribution in [0.2, 0.25) is 0 Å². The average molecular weight is 412 g/mol. The van der Waals surface area contributed by atoms with Crippen LogP contribution < -0.4 is 10.6 Å². The first kappa shape index (κ1) is 19.7. The van der Waals surface area contributed by atoms with Crippen molar-refractivity contribution in [2.75, 3.05) is 26.2 Å². The second-order valence-electron chi connectivity index (χ2n) is 8.77. The van der Waals surface area contributed by atoms with Crippen LogP contribution in [0.15, 0.2) is 18.2 Å². The van der Waals surface area contributed by atoms with Crippen LogP contribution in [0.3, 0.4) is 0 Å². The van der Waals surface area contributed by atoms with Gasteiger partial charge >= 0.3 is 0 Å². The largest absolute Gasteiger partial charge is 0.371 e. The molecule has 1 aromatic rings. The maximum Gasteiger partial charge on any atom is 0.255 e. The predicted molar refractivity (Wildman–Crippen MR) is 109 cm³/mol. The van der Waals surface area contributed by atoms with Gasteiger partial charge in [-0.2, -0.15) is 0 Å². The van der Waals surface area contributed by atoms with E-state index in [1.807, 2.05) is 18.2 Å². The molecule has 0 saturated carbocycles. The van der Waals surface area contributed by atoms with E-state index in [1.54, 1.807) is 4.90 Å². The first-order valence-electron chi connectivity index (χ1n) is 10.9. The number of carbonyl (C=O) groups is 3.